The first-order chi connectivity index (χ1) is 7.65. The molecule has 3 nitrogen and oxygen atoms in total. The van der Waals surface area contributed by atoms with Crippen LogP contribution >= 0.6 is 0 Å². The molecule has 1 amide bonds. The van der Waals surface area contributed by atoms with E-state index >= 15 is 0 Å². The number of nitrogens with one attached hydrogen (secondary N) is 1. The third-order valence-corrected chi connectivity index (χ3v) is 2.84. The van der Waals surface area contributed by atoms with E-state index in [1.54, 1.807) is 0 Å². The van der Waals surface area contributed by atoms with Crippen molar-refractivity contribution in [3.63, 3.8) is 0 Å². The predicted molar refractivity (Wildman–Crippen MR) is 71.7 cm³/mol. The van der Waals surface area contributed by atoms with Crippen molar-refractivity contribution in [2.75, 3.05) is 6.61 Å². The van der Waals surface area contributed by atoms with E-state index in [9.17, 15) is 4.79 Å². The van der Waals surface area contributed by atoms with Gasteiger partial charge in [0, 0.05) is 6.42 Å². The highest BCUT2D eigenvalue weighted by molar-refractivity contribution is 5.76. The highest BCUT2D eigenvalue weighted by atomic mass is 16.3. The number of hydrogen-bond donors (Lipinski definition) is 2. The van der Waals surface area contributed by atoms with Crippen LogP contribution in [0.25, 0.3) is 0 Å². The topological polar surface area (TPSA) is 49.3 Å². The van der Waals surface area contributed by atoms with Crippen molar-refractivity contribution in [1.82, 2.24) is 5.32 Å². The molecule has 0 aromatic carbocycles. The van der Waals surface area contributed by atoms with E-state index in [4.69, 9.17) is 5.11 Å². The number of aliphatic hydroxyl groups is 1. The van der Waals surface area contributed by atoms with E-state index in [0.29, 0.717) is 12.3 Å². The van der Waals surface area contributed by atoms with Crippen molar-refractivity contribution >= 4 is 5.91 Å². The molecule has 0 saturated carbocycles. The minimum Gasteiger partial charge on any atom is -0.394 e. The zero-order valence-electron chi connectivity index (χ0n) is 12.2. The number of rotatable bonds is 6. The van der Waals surface area contributed by atoms with Crippen molar-refractivity contribution in [1.29, 1.82) is 0 Å². The summed E-state index contributed by atoms with van der Waals surface area (Å²) in [6.07, 6.45) is 1.58. The number of hydrogen-bond acceptors (Lipinski definition) is 2. The Bertz CT molecular complexity index is 231. The largest absolute Gasteiger partial charge is 0.394 e. The van der Waals surface area contributed by atoms with Crippen LogP contribution in [-0.4, -0.2) is 23.7 Å². The Morgan fingerprint density at radius 3 is 2.12 bits per heavy atom. The highest BCUT2D eigenvalue weighted by Crippen LogP contribution is 2.25. The SMILES string of the molecule is CC(CC(=O)NC(CO)C(C)C)CC(C)(C)C. The maximum atomic E-state index is 11.8. The van der Waals surface area contributed by atoms with Crippen molar-refractivity contribution < 1.29 is 9.90 Å². The quantitative estimate of drug-likeness (QED) is 0.753. The van der Waals surface area contributed by atoms with E-state index in [-0.39, 0.29) is 29.9 Å². The maximum Gasteiger partial charge on any atom is 0.220 e. The van der Waals surface area contributed by atoms with Gasteiger partial charge in [-0.25, -0.2) is 0 Å². The normalized spacial score (nSPS) is 15.8. The molecule has 2 atom stereocenters. The number of aliphatic hydroxyl groups excluding tert-OH is 1. The van der Waals surface area contributed by atoms with Gasteiger partial charge in [0.25, 0.3) is 0 Å². The lowest BCUT2D eigenvalue weighted by Gasteiger charge is -2.24. The molecule has 3 heteroatoms. The summed E-state index contributed by atoms with van der Waals surface area (Å²) in [7, 11) is 0. The Morgan fingerprint density at radius 1 is 1.24 bits per heavy atom. The van der Waals surface area contributed by atoms with Gasteiger partial charge >= 0.3 is 0 Å². The fraction of sp³-hybridized carbons (Fsp3) is 0.929. The van der Waals surface area contributed by atoms with Crippen LogP contribution < -0.4 is 5.32 Å². The monoisotopic (exact) mass is 243 g/mol. The van der Waals surface area contributed by atoms with E-state index in [1.165, 1.54) is 0 Å². The molecule has 102 valence electrons. The molecule has 0 rings (SSSR count). The van der Waals surface area contributed by atoms with Crippen LogP contribution in [0.3, 0.4) is 0 Å². The van der Waals surface area contributed by atoms with Gasteiger partial charge in [-0.1, -0.05) is 41.5 Å². The predicted octanol–water partition coefficient (Wildman–Crippen LogP) is 2.58. The van der Waals surface area contributed by atoms with E-state index in [2.05, 4.69) is 33.0 Å². The van der Waals surface area contributed by atoms with Crippen LogP contribution in [0.1, 0.15) is 54.4 Å². The molecule has 2 N–H and O–H groups in total. The second-order valence-electron chi connectivity index (χ2n) is 6.67. The van der Waals surface area contributed by atoms with Gasteiger partial charge in [-0.15, -0.1) is 0 Å². The Morgan fingerprint density at radius 2 is 1.76 bits per heavy atom. The number of carbonyl (C=O) groups excluding carboxylic acids is 1. The molecule has 0 aromatic rings. The van der Waals surface area contributed by atoms with Crippen LogP contribution in [0.2, 0.25) is 0 Å². The smallest absolute Gasteiger partial charge is 0.220 e. The third kappa shape index (κ3) is 8.19. The van der Waals surface area contributed by atoms with Gasteiger partial charge in [0.2, 0.25) is 5.91 Å². The van der Waals surface area contributed by atoms with Crippen molar-refractivity contribution in [3.8, 4) is 0 Å². The van der Waals surface area contributed by atoms with Gasteiger partial charge in [-0.3, -0.25) is 4.79 Å². The summed E-state index contributed by atoms with van der Waals surface area (Å²) in [5.41, 5.74) is 0.258. The average Bonchev–Trinajstić information content (AvgIpc) is 2.09. The van der Waals surface area contributed by atoms with Crippen LogP contribution in [0.4, 0.5) is 0 Å². The molecule has 17 heavy (non-hydrogen) atoms. The van der Waals surface area contributed by atoms with Crippen molar-refractivity contribution in [2.45, 2.75) is 60.4 Å². The molecule has 0 aromatic heterocycles. The van der Waals surface area contributed by atoms with Crippen LogP contribution in [0, 0.1) is 17.3 Å². The molecule has 0 aliphatic rings. The summed E-state index contributed by atoms with van der Waals surface area (Å²) >= 11 is 0. The van der Waals surface area contributed by atoms with Gasteiger partial charge in [-0.05, 0) is 23.7 Å². The first-order valence-electron chi connectivity index (χ1n) is 6.56. The number of carbonyl (C=O) groups is 1. The van der Waals surface area contributed by atoms with Gasteiger partial charge in [0.1, 0.15) is 0 Å². The number of amides is 1. The van der Waals surface area contributed by atoms with Gasteiger partial charge in [0.05, 0.1) is 12.6 Å². The van der Waals surface area contributed by atoms with E-state index in [1.807, 2.05) is 13.8 Å². The summed E-state index contributed by atoms with van der Waals surface area (Å²) in [5.74, 6) is 0.692. The average molecular weight is 243 g/mol. The second kappa shape index (κ2) is 7.00. The summed E-state index contributed by atoms with van der Waals surface area (Å²) in [6, 6.07) is -0.121. The molecule has 0 bridgehead atoms. The van der Waals surface area contributed by atoms with Gasteiger partial charge < -0.3 is 10.4 Å². The molecular formula is C14H29NO2. The Hall–Kier alpha value is -0.570. The molecule has 0 saturated heterocycles. The Kier molecular flexibility index (Phi) is 6.76. The molecule has 0 spiro atoms. The third-order valence-electron chi connectivity index (χ3n) is 2.84. The molecule has 2 unspecified atom stereocenters. The first-order valence-corrected chi connectivity index (χ1v) is 6.56. The molecule has 0 aliphatic heterocycles. The minimum atomic E-state index is -0.121. The summed E-state index contributed by atoms with van der Waals surface area (Å²) < 4.78 is 0. The van der Waals surface area contributed by atoms with Crippen LogP contribution in [0.15, 0.2) is 0 Å². The van der Waals surface area contributed by atoms with Crippen molar-refractivity contribution in [2.24, 2.45) is 17.3 Å². The second-order valence-corrected chi connectivity index (χ2v) is 6.67. The molecule has 0 radical (unpaired) electrons. The lowest BCUT2D eigenvalue weighted by atomic mass is 9.84. The zero-order chi connectivity index (χ0) is 13.6. The van der Waals surface area contributed by atoms with Gasteiger partial charge in [-0.2, -0.15) is 0 Å². The van der Waals surface area contributed by atoms with E-state index < -0.39 is 0 Å². The minimum absolute atomic E-state index is 0.0110. The first kappa shape index (κ1) is 16.4. The van der Waals surface area contributed by atoms with Crippen LogP contribution in [0.5, 0.6) is 0 Å². The molecule has 0 heterocycles. The standard InChI is InChI=1S/C14H29NO2/c1-10(2)12(9-16)15-13(17)7-11(3)8-14(4,5)6/h10-12,16H,7-9H2,1-6H3,(H,15,17). The zero-order valence-corrected chi connectivity index (χ0v) is 12.2. The van der Waals surface area contributed by atoms with E-state index in [0.717, 1.165) is 6.42 Å². The Labute approximate surface area is 106 Å². The lowest BCUT2D eigenvalue weighted by Crippen LogP contribution is -2.41. The maximum absolute atomic E-state index is 11.8. The van der Waals surface area contributed by atoms with Crippen LogP contribution in [-0.2, 0) is 4.79 Å². The highest BCUT2D eigenvalue weighted by Gasteiger charge is 2.20. The van der Waals surface area contributed by atoms with Crippen molar-refractivity contribution in [3.05, 3.63) is 0 Å². The lowest BCUT2D eigenvalue weighted by molar-refractivity contribution is -0.123. The fourth-order valence-corrected chi connectivity index (χ4v) is 2.12. The summed E-state index contributed by atoms with van der Waals surface area (Å²) in [6.45, 7) is 12.7. The summed E-state index contributed by atoms with van der Waals surface area (Å²) in [4.78, 5) is 11.8. The summed E-state index contributed by atoms with van der Waals surface area (Å²) in [5, 5.41) is 12.0. The molecule has 0 fully saturated rings. The molecule has 0 aliphatic carbocycles. The molecular weight excluding hydrogens is 214 g/mol. The Balaban J connectivity index is 4.09. The van der Waals surface area contributed by atoms with Gasteiger partial charge in [0.15, 0.2) is 0 Å². The fourth-order valence-electron chi connectivity index (χ4n) is 2.12.